The van der Waals surface area contributed by atoms with Gasteiger partial charge in [0.2, 0.25) is 10.0 Å². The van der Waals surface area contributed by atoms with Crippen molar-refractivity contribution in [2.24, 2.45) is 0 Å². The lowest BCUT2D eigenvalue weighted by Crippen LogP contribution is -2.25. The van der Waals surface area contributed by atoms with Crippen molar-refractivity contribution >= 4 is 16.0 Å². The third-order valence-corrected chi connectivity index (χ3v) is 5.21. The molecule has 0 bridgehead atoms. The standard InChI is InChI=1S/C18H21NO5S/c1-24-17-11-3-2-7-14(17)8-4-5-12-19-25(22,23)16-10-6-9-15(13-16)18(20)21/h2-3,6-7,9-11,13,19H,4-5,8,12H2,1H3,(H,20,21). The van der Waals surface area contributed by atoms with Gasteiger partial charge < -0.3 is 9.84 Å². The summed E-state index contributed by atoms with van der Waals surface area (Å²) in [6, 6.07) is 13.0. The normalized spacial score (nSPS) is 11.2. The van der Waals surface area contributed by atoms with Crippen LogP contribution in [0.2, 0.25) is 0 Å². The second kappa shape index (κ2) is 8.64. The summed E-state index contributed by atoms with van der Waals surface area (Å²) in [5.41, 5.74) is 1.03. The van der Waals surface area contributed by atoms with Crippen molar-refractivity contribution in [1.29, 1.82) is 0 Å². The lowest BCUT2D eigenvalue weighted by molar-refractivity contribution is 0.0696. The van der Waals surface area contributed by atoms with Crippen LogP contribution < -0.4 is 9.46 Å². The van der Waals surface area contributed by atoms with E-state index in [0.29, 0.717) is 6.42 Å². The highest BCUT2D eigenvalue weighted by Gasteiger charge is 2.15. The fraction of sp³-hybridized carbons (Fsp3) is 0.278. The first-order chi connectivity index (χ1) is 11.9. The van der Waals surface area contributed by atoms with Gasteiger partial charge in [0.1, 0.15) is 5.75 Å². The summed E-state index contributed by atoms with van der Waals surface area (Å²) in [7, 11) is -2.09. The summed E-state index contributed by atoms with van der Waals surface area (Å²) < 4.78 is 32.2. The van der Waals surface area contributed by atoms with Crippen molar-refractivity contribution in [2.75, 3.05) is 13.7 Å². The highest BCUT2D eigenvalue weighted by molar-refractivity contribution is 7.89. The number of carboxylic acid groups (broad SMARTS) is 1. The second-order valence-corrected chi connectivity index (χ2v) is 7.27. The molecule has 6 nitrogen and oxygen atoms in total. The number of hydrogen-bond acceptors (Lipinski definition) is 4. The first kappa shape index (κ1) is 19.0. The minimum atomic E-state index is -3.71. The monoisotopic (exact) mass is 363 g/mol. The summed E-state index contributed by atoms with van der Waals surface area (Å²) in [6.45, 7) is 0.286. The van der Waals surface area contributed by atoms with Crippen molar-refractivity contribution in [3.8, 4) is 5.75 Å². The largest absolute Gasteiger partial charge is 0.496 e. The van der Waals surface area contributed by atoms with Gasteiger partial charge in [-0.15, -0.1) is 0 Å². The fourth-order valence-electron chi connectivity index (χ4n) is 2.44. The van der Waals surface area contributed by atoms with Crippen LogP contribution in [0.1, 0.15) is 28.8 Å². The number of benzene rings is 2. The molecule has 0 radical (unpaired) electrons. The van der Waals surface area contributed by atoms with Crippen molar-refractivity contribution < 1.29 is 23.1 Å². The van der Waals surface area contributed by atoms with Gasteiger partial charge in [-0.25, -0.2) is 17.9 Å². The van der Waals surface area contributed by atoms with E-state index < -0.39 is 16.0 Å². The molecule has 0 unspecified atom stereocenters. The molecule has 0 saturated heterocycles. The molecule has 0 amide bonds. The first-order valence-electron chi connectivity index (χ1n) is 7.89. The van der Waals surface area contributed by atoms with E-state index in [1.54, 1.807) is 7.11 Å². The molecule has 2 aromatic carbocycles. The summed E-state index contributed by atoms with van der Waals surface area (Å²) in [6.07, 6.45) is 2.26. The molecule has 2 N–H and O–H groups in total. The van der Waals surface area contributed by atoms with E-state index in [2.05, 4.69) is 4.72 Å². The van der Waals surface area contributed by atoms with E-state index in [0.717, 1.165) is 30.2 Å². The summed E-state index contributed by atoms with van der Waals surface area (Å²) in [4.78, 5) is 10.9. The molecule has 0 atom stereocenters. The second-order valence-electron chi connectivity index (χ2n) is 5.50. The van der Waals surface area contributed by atoms with Crippen LogP contribution in [0.4, 0.5) is 0 Å². The number of carboxylic acids is 1. The number of nitrogens with one attached hydrogen (secondary N) is 1. The predicted octanol–water partition coefficient (Wildman–Crippen LogP) is 2.69. The minimum absolute atomic E-state index is 0.0443. The van der Waals surface area contributed by atoms with Crippen LogP contribution in [0.5, 0.6) is 5.75 Å². The molecule has 0 aromatic heterocycles. The molecule has 134 valence electrons. The van der Waals surface area contributed by atoms with E-state index >= 15 is 0 Å². The van der Waals surface area contributed by atoms with Crippen LogP contribution in [0.3, 0.4) is 0 Å². The van der Waals surface area contributed by atoms with E-state index in [1.165, 1.54) is 18.2 Å². The Labute approximate surface area is 147 Å². The highest BCUT2D eigenvalue weighted by Crippen LogP contribution is 2.19. The molecule has 2 aromatic rings. The van der Waals surface area contributed by atoms with Gasteiger partial charge in [-0.05, 0) is 49.1 Å². The maximum atomic E-state index is 12.2. The first-order valence-corrected chi connectivity index (χ1v) is 9.37. The lowest BCUT2D eigenvalue weighted by Gasteiger charge is -2.09. The molecule has 0 heterocycles. The van der Waals surface area contributed by atoms with Gasteiger partial charge >= 0.3 is 5.97 Å². The molecule has 0 aliphatic heterocycles. The molecule has 2 rings (SSSR count). The van der Waals surface area contributed by atoms with Crippen LogP contribution >= 0.6 is 0 Å². The number of para-hydroxylation sites is 1. The van der Waals surface area contributed by atoms with Gasteiger partial charge in [-0.3, -0.25) is 0 Å². The van der Waals surface area contributed by atoms with Gasteiger partial charge in [-0.1, -0.05) is 24.3 Å². The fourth-order valence-corrected chi connectivity index (χ4v) is 3.56. The predicted molar refractivity (Wildman–Crippen MR) is 94.5 cm³/mol. The molecule has 0 aliphatic rings. The quantitative estimate of drug-likeness (QED) is 0.668. The Bertz CT molecular complexity index is 833. The molecular formula is C18H21NO5S. The third-order valence-electron chi connectivity index (χ3n) is 3.75. The highest BCUT2D eigenvalue weighted by atomic mass is 32.2. The Morgan fingerprint density at radius 2 is 1.88 bits per heavy atom. The Morgan fingerprint density at radius 1 is 1.12 bits per heavy atom. The van der Waals surface area contributed by atoms with Crippen molar-refractivity contribution in [3.63, 3.8) is 0 Å². The summed E-state index contributed by atoms with van der Waals surface area (Å²) >= 11 is 0. The zero-order valence-corrected chi connectivity index (χ0v) is 14.8. The van der Waals surface area contributed by atoms with Gasteiger partial charge in [-0.2, -0.15) is 0 Å². The Balaban J connectivity index is 1.86. The molecule has 0 fully saturated rings. The molecular weight excluding hydrogens is 342 g/mol. The average molecular weight is 363 g/mol. The van der Waals surface area contributed by atoms with Crippen molar-refractivity contribution in [2.45, 2.75) is 24.2 Å². The van der Waals surface area contributed by atoms with E-state index in [9.17, 15) is 13.2 Å². The SMILES string of the molecule is COc1ccccc1CCCCNS(=O)(=O)c1cccc(C(=O)O)c1. The van der Waals surface area contributed by atoms with Crippen molar-refractivity contribution in [1.82, 2.24) is 4.72 Å². The van der Waals surface area contributed by atoms with Gasteiger partial charge in [0.15, 0.2) is 0 Å². The molecule has 0 saturated carbocycles. The van der Waals surface area contributed by atoms with Crippen LogP contribution in [0.15, 0.2) is 53.4 Å². The number of unbranched alkanes of at least 4 members (excludes halogenated alkanes) is 1. The Kier molecular flexibility index (Phi) is 6.55. The number of methoxy groups -OCH3 is 1. The number of aromatic carboxylic acids is 1. The minimum Gasteiger partial charge on any atom is -0.496 e. The van der Waals surface area contributed by atoms with E-state index in [1.807, 2.05) is 24.3 Å². The van der Waals surface area contributed by atoms with Gasteiger partial charge in [0.25, 0.3) is 0 Å². The molecule has 7 heteroatoms. The average Bonchev–Trinajstić information content (AvgIpc) is 2.61. The number of sulfonamides is 1. The van der Waals surface area contributed by atoms with Crippen LogP contribution in [-0.4, -0.2) is 33.1 Å². The molecule has 0 aliphatic carbocycles. The maximum Gasteiger partial charge on any atom is 0.335 e. The maximum absolute atomic E-state index is 12.2. The van der Waals surface area contributed by atoms with E-state index in [4.69, 9.17) is 9.84 Å². The number of rotatable bonds is 9. The zero-order valence-electron chi connectivity index (χ0n) is 13.9. The topological polar surface area (TPSA) is 92.7 Å². The Hall–Kier alpha value is -2.38. The Morgan fingerprint density at radius 3 is 2.60 bits per heavy atom. The number of aryl methyl sites for hydroxylation is 1. The number of hydrogen-bond donors (Lipinski definition) is 2. The van der Waals surface area contributed by atoms with Crippen LogP contribution in [0, 0.1) is 0 Å². The van der Waals surface area contributed by atoms with Gasteiger partial charge in [0, 0.05) is 6.54 Å². The summed E-state index contributed by atoms with van der Waals surface area (Å²) in [5, 5.41) is 8.95. The molecule has 0 spiro atoms. The summed E-state index contributed by atoms with van der Waals surface area (Å²) in [5.74, 6) is -0.331. The van der Waals surface area contributed by atoms with Crippen LogP contribution in [-0.2, 0) is 16.4 Å². The molecule has 25 heavy (non-hydrogen) atoms. The number of carbonyl (C=O) groups is 1. The third kappa shape index (κ3) is 5.30. The zero-order chi connectivity index (χ0) is 18.3. The number of ether oxygens (including phenoxy) is 1. The van der Waals surface area contributed by atoms with Crippen LogP contribution in [0.25, 0.3) is 0 Å². The smallest absolute Gasteiger partial charge is 0.335 e. The lowest BCUT2D eigenvalue weighted by atomic mass is 10.1. The van der Waals surface area contributed by atoms with Gasteiger partial charge in [0.05, 0.1) is 17.6 Å². The van der Waals surface area contributed by atoms with E-state index in [-0.39, 0.29) is 17.0 Å². The van der Waals surface area contributed by atoms with Crippen molar-refractivity contribution in [3.05, 3.63) is 59.7 Å².